The topological polar surface area (TPSA) is 111 Å². The number of hydrogen-bond acceptors (Lipinski definition) is 5. The Balaban J connectivity index is 1.68. The molecule has 0 radical (unpaired) electrons. The molecule has 4 rings (SSSR count). The van der Waals surface area contributed by atoms with Gasteiger partial charge >= 0.3 is 5.97 Å². The van der Waals surface area contributed by atoms with Crippen LogP contribution in [-0.4, -0.2) is 38.9 Å². The maximum atomic E-state index is 12.4. The van der Waals surface area contributed by atoms with Crippen molar-refractivity contribution in [3.05, 3.63) is 22.1 Å². The zero-order chi connectivity index (χ0) is 20.0. The van der Waals surface area contributed by atoms with E-state index in [-0.39, 0.29) is 18.4 Å². The van der Waals surface area contributed by atoms with Crippen molar-refractivity contribution in [2.45, 2.75) is 65.0 Å². The first-order valence-corrected chi connectivity index (χ1v) is 9.35. The summed E-state index contributed by atoms with van der Waals surface area (Å²) >= 11 is 0. The van der Waals surface area contributed by atoms with Crippen molar-refractivity contribution < 1.29 is 19.4 Å². The third kappa shape index (κ3) is 3.57. The van der Waals surface area contributed by atoms with E-state index in [9.17, 15) is 14.4 Å². The molecular formula is C19H27N3O5. The van der Waals surface area contributed by atoms with E-state index in [1.165, 1.54) is 6.07 Å². The van der Waals surface area contributed by atoms with E-state index in [1.54, 1.807) is 0 Å². The average Bonchev–Trinajstić information content (AvgIpc) is 2.48. The van der Waals surface area contributed by atoms with Crippen LogP contribution in [0, 0.1) is 11.3 Å². The van der Waals surface area contributed by atoms with Crippen LogP contribution in [0.3, 0.4) is 0 Å². The molecule has 0 saturated heterocycles. The van der Waals surface area contributed by atoms with Gasteiger partial charge in [-0.25, -0.2) is 4.68 Å². The lowest BCUT2D eigenvalue weighted by molar-refractivity contribution is -0.200. The molecule has 0 aliphatic heterocycles. The molecule has 8 nitrogen and oxygen atoms in total. The van der Waals surface area contributed by atoms with Gasteiger partial charge in [-0.15, -0.1) is 0 Å². The van der Waals surface area contributed by atoms with Crippen LogP contribution in [0.25, 0.3) is 0 Å². The molecular weight excluding hydrogens is 350 g/mol. The largest absolute Gasteiger partial charge is 0.491 e. The van der Waals surface area contributed by atoms with Crippen molar-refractivity contribution in [2.75, 3.05) is 6.61 Å². The van der Waals surface area contributed by atoms with E-state index in [0.29, 0.717) is 43.2 Å². The van der Waals surface area contributed by atoms with Gasteiger partial charge in [0.1, 0.15) is 18.0 Å². The van der Waals surface area contributed by atoms with Gasteiger partial charge in [0, 0.05) is 17.5 Å². The van der Waals surface area contributed by atoms with Gasteiger partial charge in [-0.2, -0.15) is 5.10 Å². The number of aliphatic carboxylic acids is 1. The number of rotatable bonds is 8. The first kappa shape index (κ1) is 19.4. The van der Waals surface area contributed by atoms with Crippen LogP contribution in [-0.2, 0) is 16.1 Å². The molecule has 1 aromatic heterocycles. The summed E-state index contributed by atoms with van der Waals surface area (Å²) in [4.78, 5) is 35.9. The first-order chi connectivity index (χ1) is 12.6. The second kappa shape index (κ2) is 6.65. The van der Waals surface area contributed by atoms with E-state index in [2.05, 4.69) is 10.4 Å². The van der Waals surface area contributed by atoms with Crippen molar-refractivity contribution in [1.82, 2.24) is 15.1 Å². The summed E-state index contributed by atoms with van der Waals surface area (Å²) in [5.41, 5.74) is -0.825. The second-order valence-corrected chi connectivity index (χ2v) is 8.69. The molecule has 0 unspecified atom stereocenters. The van der Waals surface area contributed by atoms with Gasteiger partial charge in [-0.05, 0) is 25.2 Å². The molecule has 0 atom stereocenters. The van der Waals surface area contributed by atoms with E-state index < -0.39 is 22.5 Å². The molecule has 3 aliphatic rings. The fraction of sp³-hybridized carbons (Fsp3) is 0.684. The highest BCUT2D eigenvalue weighted by Gasteiger charge is 2.72. The quantitative estimate of drug-likeness (QED) is 0.711. The molecule has 148 valence electrons. The average molecular weight is 377 g/mol. The monoisotopic (exact) mass is 377 g/mol. The van der Waals surface area contributed by atoms with Crippen LogP contribution in [0.2, 0.25) is 0 Å². The van der Waals surface area contributed by atoms with Gasteiger partial charge in [-0.3, -0.25) is 14.4 Å². The molecule has 1 heterocycles. The Hall–Kier alpha value is -2.38. The number of nitrogens with zero attached hydrogens (tertiary/aromatic N) is 2. The minimum Gasteiger partial charge on any atom is -0.491 e. The van der Waals surface area contributed by atoms with Crippen molar-refractivity contribution in [3.63, 3.8) is 0 Å². The van der Waals surface area contributed by atoms with E-state index in [4.69, 9.17) is 9.84 Å². The van der Waals surface area contributed by atoms with Crippen LogP contribution in [0.15, 0.2) is 10.9 Å². The van der Waals surface area contributed by atoms with Gasteiger partial charge in [-0.1, -0.05) is 27.7 Å². The number of carboxylic acid groups (broad SMARTS) is 1. The zero-order valence-electron chi connectivity index (χ0n) is 16.2. The maximum absolute atomic E-state index is 12.4. The molecule has 27 heavy (non-hydrogen) atoms. The smallest absolute Gasteiger partial charge is 0.309 e. The Morgan fingerprint density at radius 3 is 2.44 bits per heavy atom. The Labute approximate surface area is 157 Å². The van der Waals surface area contributed by atoms with Crippen LogP contribution in [0.1, 0.15) is 58.6 Å². The second-order valence-electron chi connectivity index (χ2n) is 8.69. The normalized spacial score (nSPS) is 25.7. The molecule has 2 N–H and O–H groups in total. The van der Waals surface area contributed by atoms with Crippen molar-refractivity contribution >= 4 is 11.9 Å². The molecule has 1 amide bonds. The van der Waals surface area contributed by atoms with Crippen molar-refractivity contribution in [1.29, 1.82) is 0 Å². The van der Waals surface area contributed by atoms with Gasteiger partial charge in [0.25, 0.3) is 5.56 Å². The van der Waals surface area contributed by atoms with Gasteiger partial charge in [0.15, 0.2) is 0 Å². The lowest BCUT2D eigenvalue weighted by atomic mass is 9.39. The lowest BCUT2D eigenvalue weighted by Crippen LogP contribution is -2.77. The number of ether oxygens (including phenoxy) is 1. The van der Waals surface area contributed by atoms with Crippen LogP contribution in [0.4, 0.5) is 0 Å². The van der Waals surface area contributed by atoms with E-state index in [1.807, 2.05) is 27.7 Å². The molecule has 3 aliphatic carbocycles. The number of carboxylic acids is 1. The van der Waals surface area contributed by atoms with Gasteiger partial charge in [0.05, 0.1) is 12.0 Å². The third-order valence-corrected chi connectivity index (χ3v) is 5.29. The third-order valence-electron chi connectivity index (χ3n) is 5.29. The maximum Gasteiger partial charge on any atom is 0.309 e. The van der Waals surface area contributed by atoms with Gasteiger partial charge < -0.3 is 15.2 Å². The highest BCUT2D eigenvalue weighted by Crippen LogP contribution is 2.67. The summed E-state index contributed by atoms with van der Waals surface area (Å²) in [6.45, 7) is 8.24. The zero-order valence-corrected chi connectivity index (χ0v) is 16.2. The predicted molar refractivity (Wildman–Crippen MR) is 97.7 cm³/mol. The number of carbonyl (C=O) groups is 2. The standard InChI is InChI=1S/C19H27N3O5/c1-11(2)7-27-13-5-15(24)22(21-16(13)12(3)4)6-14(23)20-19-8-18(9-19,10-19)17(25)26/h5,11-12H,6-10H2,1-4H3,(H,20,23)(H,25,26). The Bertz CT molecular complexity index is 807. The lowest BCUT2D eigenvalue weighted by Gasteiger charge is -2.67. The number of aromatic nitrogens is 2. The highest BCUT2D eigenvalue weighted by atomic mass is 16.5. The van der Waals surface area contributed by atoms with Crippen molar-refractivity contribution in [2.24, 2.45) is 11.3 Å². The number of hydrogen-bond donors (Lipinski definition) is 2. The summed E-state index contributed by atoms with van der Waals surface area (Å²) in [5.74, 6) is -0.303. The van der Waals surface area contributed by atoms with Crippen LogP contribution >= 0.6 is 0 Å². The molecule has 0 aromatic carbocycles. The molecule has 2 bridgehead atoms. The minimum atomic E-state index is -0.796. The Kier molecular flexibility index (Phi) is 4.78. The SMILES string of the molecule is CC(C)COc1cc(=O)n(CC(=O)NC23CC(C(=O)O)(C2)C3)nc1C(C)C. The fourth-order valence-corrected chi connectivity index (χ4v) is 3.99. The molecule has 8 heteroatoms. The minimum absolute atomic E-state index is 0.0371. The van der Waals surface area contributed by atoms with Crippen LogP contribution < -0.4 is 15.6 Å². The number of nitrogens with one attached hydrogen (secondary N) is 1. The Morgan fingerprint density at radius 1 is 1.30 bits per heavy atom. The highest BCUT2D eigenvalue weighted by molar-refractivity contribution is 5.83. The summed E-state index contributed by atoms with van der Waals surface area (Å²) in [6.07, 6.45) is 1.38. The van der Waals surface area contributed by atoms with Gasteiger partial charge in [0.2, 0.25) is 5.91 Å². The Morgan fingerprint density at radius 2 is 1.93 bits per heavy atom. The molecule has 3 fully saturated rings. The molecule has 3 saturated carbocycles. The summed E-state index contributed by atoms with van der Waals surface area (Å²) in [6, 6.07) is 1.39. The molecule has 1 aromatic rings. The fourth-order valence-electron chi connectivity index (χ4n) is 3.99. The summed E-state index contributed by atoms with van der Waals surface area (Å²) in [7, 11) is 0. The van der Waals surface area contributed by atoms with E-state index >= 15 is 0 Å². The summed E-state index contributed by atoms with van der Waals surface area (Å²) in [5, 5.41) is 16.4. The number of amides is 1. The molecule has 0 spiro atoms. The number of carbonyl (C=O) groups excluding carboxylic acids is 1. The summed E-state index contributed by atoms with van der Waals surface area (Å²) < 4.78 is 6.86. The van der Waals surface area contributed by atoms with Crippen LogP contribution in [0.5, 0.6) is 5.75 Å². The van der Waals surface area contributed by atoms with Crippen molar-refractivity contribution in [3.8, 4) is 5.75 Å². The first-order valence-electron chi connectivity index (χ1n) is 9.35. The predicted octanol–water partition coefficient (Wildman–Crippen LogP) is 1.52. The van der Waals surface area contributed by atoms with E-state index in [0.717, 1.165) is 4.68 Å².